The van der Waals surface area contributed by atoms with Gasteiger partial charge in [0.05, 0.1) is 30.4 Å². The molecule has 1 aliphatic rings. The highest BCUT2D eigenvalue weighted by molar-refractivity contribution is 6.30. The molecular formula is C20H21ClN2O4. The maximum atomic E-state index is 13.2. The van der Waals surface area contributed by atoms with Crippen molar-refractivity contribution in [2.45, 2.75) is 31.1 Å². The van der Waals surface area contributed by atoms with Gasteiger partial charge in [0, 0.05) is 18.0 Å². The zero-order valence-electron chi connectivity index (χ0n) is 15.3. The lowest BCUT2D eigenvalue weighted by molar-refractivity contribution is -0.121. The number of rotatable bonds is 5. The third-order valence-electron chi connectivity index (χ3n) is 4.97. The van der Waals surface area contributed by atoms with Crippen molar-refractivity contribution in [2.24, 2.45) is 0 Å². The predicted molar refractivity (Wildman–Crippen MR) is 102 cm³/mol. The highest BCUT2D eigenvalue weighted by atomic mass is 35.5. The number of pyridine rings is 1. The summed E-state index contributed by atoms with van der Waals surface area (Å²) in [6, 6.07) is 8.41. The molecule has 0 spiro atoms. The van der Waals surface area contributed by atoms with E-state index in [2.05, 4.69) is 10.3 Å². The fraction of sp³-hybridized carbons (Fsp3) is 0.350. The van der Waals surface area contributed by atoms with Gasteiger partial charge in [-0.15, -0.1) is 0 Å². The molecule has 1 saturated carbocycles. The van der Waals surface area contributed by atoms with Crippen molar-refractivity contribution < 1.29 is 19.1 Å². The van der Waals surface area contributed by atoms with E-state index in [-0.39, 0.29) is 5.91 Å². The second kappa shape index (κ2) is 7.96. The Morgan fingerprint density at radius 2 is 1.89 bits per heavy atom. The number of aromatic nitrogens is 1. The van der Waals surface area contributed by atoms with E-state index in [9.17, 15) is 9.59 Å². The second-order valence-corrected chi connectivity index (χ2v) is 6.95. The maximum Gasteiger partial charge on any atom is 0.341 e. The van der Waals surface area contributed by atoms with Gasteiger partial charge in [-0.2, -0.15) is 0 Å². The molecule has 0 atom stereocenters. The van der Waals surface area contributed by atoms with Gasteiger partial charge >= 0.3 is 5.97 Å². The Morgan fingerprint density at radius 1 is 1.15 bits per heavy atom. The van der Waals surface area contributed by atoms with Crippen molar-refractivity contribution >= 4 is 29.2 Å². The van der Waals surface area contributed by atoms with Crippen molar-refractivity contribution in [3.8, 4) is 5.75 Å². The number of nitrogens with one attached hydrogen (secondary N) is 1. The van der Waals surface area contributed by atoms with Crippen LogP contribution in [-0.4, -0.2) is 31.1 Å². The van der Waals surface area contributed by atoms with Crippen molar-refractivity contribution in [3.05, 3.63) is 52.8 Å². The van der Waals surface area contributed by atoms with Crippen LogP contribution in [0.2, 0.25) is 5.02 Å². The number of amides is 1. The van der Waals surface area contributed by atoms with Crippen molar-refractivity contribution in [3.63, 3.8) is 0 Å². The Hall–Kier alpha value is -2.60. The Kier molecular flexibility index (Phi) is 5.65. The lowest BCUT2D eigenvalue weighted by atomic mass is 9.81. The zero-order chi connectivity index (χ0) is 19.4. The third-order valence-corrected chi connectivity index (χ3v) is 5.20. The Bertz CT molecular complexity index is 846. The molecule has 1 fully saturated rings. The average molecular weight is 389 g/mol. The maximum absolute atomic E-state index is 13.2. The molecule has 1 heterocycles. The van der Waals surface area contributed by atoms with Gasteiger partial charge in [-0.05, 0) is 37.1 Å². The molecule has 1 aromatic heterocycles. The molecule has 0 bridgehead atoms. The molecule has 7 heteroatoms. The normalized spacial score (nSPS) is 15.2. The van der Waals surface area contributed by atoms with E-state index in [1.807, 2.05) is 6.07 Å². The van der Waals surface area contributed by atoms with Crippen LogP contribution in [0.4, 0.5) is 5.69 Å². The Labute approximate surface area is 162 Å². The van der Waals surface area contributed by atoms with Gasteiger partial charge in [-0.25, -0.2) is 4.79 Å². The van der Waals surface area contributed by atoms with E-state index in [4.69, 9.17) is 21.1 Å². The quantitative estimate of drug-likeness (QED) is 0.784. The number of esters is 1. The Balaban J connectivity index is 1.88. The van der Waals surface area contributed by atoms with Crippen LogP contribution in [0.25, 0.3) is 0 Å². The second-order valence-electron chi connectivity index (χ2n) is 6.51. The molecule has 0 radical (unpaired) electrons. The summed E-state index contributed by atoms with van der Waals surface area (Å²) in [5.74, 6) is -0.283. The monoisotopic (exact) mass is 388 g/mol. The predicted octanol–water partition coefficient (Wildman–Crippen LogP) is 3.98. The van der Waals surface area contributed by atoms with Gasteiger partial charge in [0.1, 0.15) is 11.3 Å². The summed E-state index contributed by atoms with van der Waals surface area (Å²) in [7, 11) is 2.77. The third kappa shape index (κ3) is 3.76. The molecule has 1 N–H and O–H groups in total. The van der Waals surface area contributed by atoms with E-state index in [0.717, 1.165) is 31.4 Å². The zero-order valence-corrected chi connectivity index (χ0v) is 16.0. The lowest BCUT2D eigenvalue weighted by Crippen LogP contribution is -2.38. The molecule has 1 aromatic carbocycles. The van der Waals surface area contributed by atoms with Crippen LogP contribution in [0, 0.1) is 0 Å². The number of carbonyl (C=O) groups is 2. The minimum Gasteiger partial charge on any atom is -0.496 e. The van der Waals surface area contributed by atoms with E-state index < -0.39 is 11.4 Å². The van der Waals surface area contributed by atoms with Crippen molar-refractivity contribution in [1.82, 2.24) is 4.98 Å². The van der Waals surface area contributed by atoms with Crippen LogP contribution in [0.5, 0.6) is 5.75 Å². The van der Waals surface area contributed by atoms with Crippen LogP contribution in [0.1, 0.15) is 41.7 Å². The standard InChI is InChI=1S/C20H21ClN2O4/c1-26-16-11-14(6-7-15(16)18(24)27-2)23-19(25)20(9-3-4-10-20)17-8-5-13(21)12-22-17/h5-8,11-12H,3-4,9-10H2,1-2H3,(H,23,25). The minimum atomic E-state index is -0.682. The number of nitrogens with zero attached hydrogens (tertiary/aromatic N) is 1. The molecule has 6 nitrogen and oxygen atoms in total. The first-order valence-corrected chi connectivity index (χ1v) is 9.08. The van der Waals surface area contributed by atoms with Gasteiger partial charge in [-0.1, -0.05) is 24.4 Å². The summed E-state index contributed by atoms with van der Waals surface area (Å²) in [6.07, 6.45) is 4.94. The van der Waals surface area contributed by atoms with Crippen LogP contribution in [0.3, 0.4) is 0 Å². The molecule has 1 amide bonds. The van der Waals surface area contributed by atoms with Gasteiger partial charge in [0.25, 0.3) is 0 Å². The average Bonchev–Trinajstić information content (AvgIpc) is 3.19. The van der Waals surface area contributed by atoms with E-state index in [1.165, 1.54) is 14.2 Å². The van der Waals surface area contributed by atoms with Gasteiger partial charge < -0.3 is 14.8 Å². The van der Waals surface area contributed by atoms with Gasteiger partial charge in [-0.3, -0.25) is 9.78 Å². The molecule has 27 heavy (non-hydrogen) atoms. The van der Waals surface area contributed by atoms with Gasteiger partial charge in [0.2, 0.25) is 5.91 Å². The fourth-order valence-electron chi connectivity index (χ4n) is 3.54. The summed E-state index contributed by atoms with van der Waals surface area (Å²) < 4.78 is 10.00. The summed E-state index contributed by atoms with van der Waals surface area (Å²) >= 11 is 5.94. The lowest BCUT2D eigenvalue weighted by Gasteiger charge is -2.27. The number of methoxy groups -OCH3 is 2. The molecule has 1 aliphatic carbocycles. The van der Waals surface area contributed by atoms with Crippen LogP contribution >= 0.6 is 11.6 Å². The summed E-state index contributed by atoms with van der Waals surface area (Å²) in [5, 5.41) is 3.49. The van der Waals surface area contributed by atoms with Crippen molar-refractivity contribution in [2.75, 3.05) is 19.5 Å². The van der Waals surface area contributed by atoms with Crippen molar-refractivity contribution in [1.29, 1.82) is 0 Å². The van der Waals surface area contributed by atoms with E-state index >= 15 is 0 Å². The first-order chi connectivity index (χ1) is 13.0. The van der Waals surface area contributed by atoms with E-state index in [0.29, 0.717) is 22.0 Å². The number of anilines is 1. The minimum absolute atomic E-state index is 0.123. The van der Waals surface area contributed by atoms with Crippen LogP contribution < -0.4 is 10.1 Å². The Morgan fingerprint density at radius 3 is 2.48 bits per heavy atom. The number of halogens is 1. The van der Waals surface area contributed by atoms with Gasteiger partial charge in [0.15, 0.2) is 0 Å². The SMILES string of the molecule is COC(=O)c1ccc(NC(=O)C2(c3ccc(Cl)cn3)CCCC2)cc1OC. The van der Waals surface area contributed by atoms with Crippen LogP contribution in [-0.2, 0) is 14.9 Å². The number of carbonyl (C=O) groups excluding carboxylic acids is 2. The fourth-order valence-corrected chi connectivity index (χ4v) is 3.65. The molecule has 2 aromatic rings. The highest BCUT2D eigenvalue weighted by Gasteiger charge is 2.44. The summed E-state index contributed by atoms with van der Waals surface area (Å²) in [4.78, 5) is 29.4. The van der Waals surface area contributed by atoms with Crippen LogP contribution in [0.15, 0.2) is 36.5 Å². The molecule has 142 valence electrons. The molecular weight excluding hydrogens is 368 g/mol. The molecule has 3 rings (SSSR count). The molecule has 0 unspecified atom stereocenters. The number of benzene rings is 1. The smallest absolute Gasteiger partial charge is 0.341 e. The molecule has 0 saturated heterocycles. The summed E-state index contributed by atoms with van der Waals surface area (Å²) in [6.45, 7) is 0. The highest BCUT2D eigenvalue weighted by Crippen LogP contribution is 2.41. The topological polar surface area (TPSA) is 77.5 Å². The van der Waals surface area contributed by atoms with E-state index in [1.54, 1.807) is 30.5 Å². The summed E-state index contributed by atoms with van der Waals surface area (Å²) in [5.41, 5.74) is 0.886. The number of hydrogen-bond donors (Lipinski definition) is 1. The largest absolute Gasteiger partial charge is 0.496 e. The first kappa shape index (κ1) is 19.2. The number of ether oxygens (including phenoxy) is 2. The first-order valence-electron chi connectivity index (χ1n) is 8.70. The molecule has 0 aliphatic heterocycles. The number of hydrogen-bond acceptors (Lipinski definition) is 5.